The van der Waals surface area contributed by atoms with Crippen LogP contribution in [-0.2, 0) is 9.59 Å². The number of aliphatic imine (C=N–C) groups is 2. The largest absolute Gasteiger partial charge is 0.305 e. The van der Waals surface area contributed by atoms with Gasteiger partial charge in [0, 0.05) is 9.79 Å². The first kappa shape index (κ1) is 16.8. The van der Waals surface area contributed by atoms with E-state index in [9.17, 15) is 9.59 Å². The van der Waals surface area contributed by atoms with Crippen LogP contribution in [0.3, 0.4) is 0 Å². The Bertz CT molecular complexity index is 683. The molecule has 4 N–H and O–H groups in total. The van der Waals surface area contributed by atoms with E-state index in [1.54, 1.807) is 11.8 Å². The molecule has 2 unspecified atom stereocenters. The topological polar surface area (TPSA) is 111 Å². The molecule has 0 amide bonds. The summed E-state index contributed by atoms with van der Waals surface area (Å²) in [5.74, 6) is 0. The summed E-state index contributed by atoms with van der Waals surface area (Å²) < 4.78 is 0. The van der Waals surface area contributed by atoms with E-state index in [1.807, 2.05) is 48.5 Å². The highest BCUT2D eigenvalue weighted by Crippen LogP contribution is 2.29. The Hall–Kier alpha value is -2.53. The zero-order valence-corrected chi connectivity index (χ0v) is 12.9. The van der Waals surface area contributed by atoms with Crippen molar-refractivity contribution in [2.24, 2.45) is 21.5 Å². The number of rotatable bonds is 6. The van der Waals surface area contributed by atoms with Crippen molar-refractivity contribution >= 4 is 23.9 Å². The van der Waals surface area contributed by atoms with Gasteiger partial charge in [0.25, 0.3) is 0 Å². The molecule has 6 nitrogen and oxygen atoms in total. The highest BCUT2D eigenvalue weighted by atomic mass is 32.2. The molecule has 0 heterocycles. The molecular weight excluding hydrogens is 312 g/mol. The Labute approximate surface area is 137 Å². The van der Waals surface area contributed by atoms with Gasteiger partial charge in [0.1, 0.15) is 12.3 Å². The number of carbonyl (C=O) groups excluding carboxylic acids is 2. The molecule has 7 heteroatoms. The maximum atomic E-state index is 10.2. The number of nitrogens with zero attached hydrogens (tertiary/aromatic N) is 2. The lowest BCUT2D eigenvalue weighted by Gasteiger charge is -2.08. The van der Waals surface area contributed by atoms with Gasteiger partial charge in [-0.2, -0.15) is 9.98 Å². The van der Waals surface area contributed by atoms with Crippen LogP contribution in [0.1, 0.15) is 23.5 Å². The van der Waals surface area contributed by atoms with E-state index in [2.05, 4.69) is 9.98 Å². The summed E-state index contributed by atoms with van der Waals surface area (Å²) in [5.41, 5.74) is 12.9. The summed E-state index contributed by atoms with van der Waals surface area (Å²) in [4.78, 5) is 29.4. The van der Waals surface area contributed by atoms with Crippen LogP contribution in [0.25, 0.3) is 0 Å². The van der Waals surface area contributed by atoms with Crippen molar-refractivity contribution in [3.8, 4) is 0 Å². The molecule has 2 aromatic carbocycles. The fourth-order valence-electron chi connectivity index (χ4n) is 1.86. The molecule has 0 saturated carbocycles. The minimum absolute atomic E-state index is 0.689. The van der Waals surface area contributed by atoms with Crippen molar-refractivity contribution in [2.45, 2.75) is 22.1 Å². The van der Waals surface area contributed by atoms with Gasteiger partial charge < -0.3 is 11.5 Å². The molecule has 0 aliphatic rings. The van der Waals surface area contributed by atoms with Gasteiger partial charge in [-0.05, 0) is 35.4 Å². The molecule has 2 aromatic rings. The van der Waals surface area contributed by atoms with E-state index in [0.717, 1.165) is 20.9 Å². The number of benzene rings is 2. The number of isocyanates is 2. The van der Waals surface area contributed by atoms with Crippen molar-refractivity contribution in [2.75, 3.05) is 0 Å². The van der Waals surface area contributed by atoms with Crippen LogP contribution in [0.2, 0.25) is 0 Å². The second-order valence-electron chi connectivity index (χ2n) is 4.57. The first-order valence-corrected chi connectivity index (χ1v) is 7.48. The third kappa shape index (κ3) is 4.72. The van der Waals surface area contributed by atoms with Crippen LogP contribution in [0.5, 0.6) is 0 Å². The fourth-order valence-corrected chi connectivity index (χ4v) is 2.68. The molecular formula is C16H14N4O2S. The lowest BCUT2D eigenvalue weighted by molar-refractivity contribution is 0.557. The van der Waals surface area contributed by atoms with E-state index >= 15 is 0 Å². The van der Waals surface area contributed by atoms with Gasteiger partial charge in [-0.1, -0.05) is 36.0 Å². The van der Waals surface area contributed by atoms with Gasteiger partial charge in [0.2, 0.25) is 12.2 Å². The maximum absolute atomic E-state index is 10.2. The normalized spacial score (nSPS) is 12.6. The highest BCUT2D eigenvalue weighted by molar-refractivity contribution is 7.99. The summed E-state index contributed by atoms with van der Waals surface area (Å²) in [6.07, 6.45) is 1.51. The van der Waals surface area contributed by atoms with Crippen LogP contribution in [-0.4, -0.2) is 12.2 Å². The highest BCUT2D eigenvalue weighted by Gasteiger charge is 2.06. The second-order valence-corrected chi connectivity index (χ2v) is 5.72. The Balaban J connectivity index is 2.07. The molecule has 116 valence electrons. The first-order chi connectivity index (χ1) is 11.1. The van der Waals surface area contributed by atoms with Crippen molar-refractivity contribution < 1.29 is 9.59 Å². The van der Waals surface area contributed by atoms with Crippen LogP contribution in [0.4, 0.5) is 0 Å². The summed E-state index contributed by atoms with van der Waals surface area (Å²) >= 11 is 1.56. The predicted octanol–water partition coefficient (Wildman–Crippen LogP) is 2.42. The molecule has 0 spiro atoms. The molecule has 0 bridgehead atoms. The van der Waals surface area contributed by atoms with Crippen LogP contribution in [0, 0.1) is 0 Å². The first-order valence-electron chi connectivity index (χ1n) is 6.67. The summed E-state index contributed by atoms with van der Waals surface area (Å²) in [6.45, 7) is 0. The lowest BCUT2D eigenvalue weighted by atomic mass is 10.2. The van der Waals surface area contributed by atoms with E-state index < -0.39 is 12.3 Å². The Morgan fingerprint density at radius 3 is 1.39 bits per heavy atom. The summed E-state index contributed by atoms with van der Waals surface area (Å²) in [6, 6.07) is 14.9. The van der Waals surface area contributed by atoms with Crippen molar-refractivity contribution in [1.29, 1.82) is 0 Å². The zero-order chi connectivity index (χ0) is 16.7. The average molecular weight is 326 g/mol. The predicted molar refractivity (Wildman–Crippen MR) is 87.1 cm³/mol. The molecule has 2 atom stereocenters. The van der Waals surface area contributed by atoms with Gasteiger partial charge in [0.15, 0.2) is 0 Å². The Morgan fingerprint density at radius 1 is 0.739 bits per heavy atom. The van der Waals surface area contributed by atoms with E-state index in [0.29, 0.717) is 0 Å². The summed E-state index contributed by atoms with van der Waals surface area (Å²) in [7, 11) is 0. The SMILES string of the molecule is NC(N=C=O)c1ccc(Sc2ccc(C(N)N=C=O)cc2)cc1. The zero-order valence-electron chi connectivity index (χ0n) is 12.0. The standard InChI is InChI=1S/C16H14N4O2S/c17-15(19-9-21)11-1-5-13(6-2-11)23-14-7-3-12(4-8-14)16(18)20-10-22/h1-8,15-16H,17-18H2. The molecule has 0 aliphatic heterocycles. The monoisotopic (exact) mass is 326 g/mol. The Morgan fingerprint density at radius 2 is 1.09 bits per heavy atom. The Kier molecular flexibility index (Phi) is 6.00. The molecule has 2 rings (SSSR count). The van der Waals surface area contributed by atoms with E-state index in [-0.39, 0.29) is 0 Å². The molecule has 23 heavy (non-hydrogen) atoms. The smallest absolute Gasteiger partial charge is 0.236 e. The maximum Gasteiger partial charge on any atom is 0.236 e. The number of hydrogen-bond donors (Lipinski definition) is 2. The van der Waals surface area contributed by atoms with Gasteiger partial charge in [-0.3, -0.25) is 0 Å². The van der Waals surface area contributed by atoms with Gasteiger partial charge in [-0.15, -0.1) is 0 Å². The fraction of sp³-hybridized carbons (Fsp3) is 0.125. The second kappa shape index (κ2) is 8.19. The van der Waals surface area contributed by atoms with Gasteiger partial charge >= 0.3 is 0 Å². The van der Waals surface area contributed by atoms with E-state index in [1.165, 1.54) is 12.2 Å². The van der Waals surface area contributed by atoms with Crippen molar-refractivity contribution in [1.82, 2.24) is 0 Å². The van der Waals surface area contributed by atoms with Crippen LogP contribution >= 0.6 is 11.8 Å². The average Bonchev–Trinajstić information content (AvgIpc) is 2.56. The van der Waals surface area contributed by atoms with Gasteiger partial charge in [-0.25, -0.2) is 9.59 Å². The third-order valence-corrected chi connectivity index (χ3v) is 4.08. The number of hydrogen-bond acceptors (Lipinski definition) is 7. The van der Waals surface area contributed by atoms with Gasteiger partial charge in [0.05, 0.1) is 0 Å². The molecule has 0 fully saturated rings. The van der Waals surface area contributed by atoms with Crippen molar-refractivity contribution in [3.05, 3.63) is 59.7 Å². The quantitative estimate of drug-likeness (QED) is 0.625. The van der Waals surface area contributed by atoms with Crippen LogP contribution < -0.4 is 11.5 Å². The third-order valence-electron chi connectivity index (χ3n) is 3.06. The lowest BCUT2D eigenvalue weighted by Crippen LogP contribution is -2.06. The molecule has 0 aromatic heterocycles. The summed E-state index contributed by atoms with van der Waals surface area (Å²) in [5, 5.41) is 0. The van der Waals surface area contributed by atoms with Crippen molar-refractivity contribution in [3.63, 3.8) is 0 Å². The number of nitrogens with two attached hydrogens (primary N) is 2. The molecule has 0 aliphatic carbocycles. The molecule has 0 radical (unpaired) electrons. The minimum Gasteiger partial charge on any atom is -0.305 e. The molecule has 0 saturated heterocycles. The van der Waals surface area contributed by atoms with Crippen LogP contribution in [0.15, 0.2) is 68.3 Å². The van der Waals surface area contributed by atoms with E-state index in [4.69, 9.17) is 11.5 Å². The minimum atomic E-state index is -0.689.